The highest BCUT2D eigenvalue weighted by molar-refractivity contribution is 6.04. The number of ketones is 1. The molecule has 0 aromatic heterocycles. The number of nitriles is 2. The summed E-state index contributed by atoms with van der Waals surface area (Å²) in [4.78, 5) is 16.7. The van der Waals surface area contributed by atoms with Crippen molar-refractivity contribution in [2.75, 3.05) is 4.90 Å². The molecule has 0 radical (unpaired) electrons. The Balaban J connectivity index is 1.67. The lowest BCUT2D eigenvalue weighted by molar-refractivity contribution is 0.0953. The number of nitrogens with zero attached hydrogens (tertiary/aromatic N) is 3. The number of hydrogen-bond donors (Lipinski definition) is 0. The molecular formula is C35H25N3O. The molecule has 2 aliphatic heterocycles. The summed E-state index contributed by atoms with van der Waals surface area (Å²) in [6.07, 6.45) is 4.23. The maximum Gasteiger partial charge on any atom is 0.185 e. The quantitative estimate of drug-likeness (QED) is 0.216. The Morgan fingerprint density at radius 2 is 1.26 bits per heavy atom. The van der Waals surface area contributed by atoms with Crippen LogP contribution in [-0.4, -0.2) is 17.9 Å². The minimum Gasteiger partial charge on any atom is -0.353 e. The van der Waals surface area contributed by atoms with Crippen molar-refractivity contribution in [2.45, 2.75) is 18.0 Å². The van der Waals surface area contributed by atoms with Gasteiger partial charge in [-0.05, 0) is 28.3 Å². The van der Waals surface area contributed by atoms with E-state index in [1.165, 1.54) is 0 Å². The van der Waals surface area contributed by atoms with E-state index in [1.807, 2.05) is 91.0 Å². The molecule has 4 aromatic carbocycles. The Bertz CT molecular complexity index is 1640. The van der Waals surface area contributed by atoms with Gasteiger partial charge < -0.3 is 4.90 Å². The van der Waals surface area contributed by atoms with E-state index in [2.05, 4.69) is 53.5 Å². The number of carbonyl (C=O) groups excluding carboxylic acids is 1. The highest BCUT2D eigenvalue weighted by Gasteiger charge is 2.54. The van der Waals surface area contributed by atoms with Crippen LogP contribution >= 0.6 is 0 Å². The molecule has 4 heteroatoms. The van der Waals surface area contributed by atoms with Gasteiger partial charge in [-0.1, -0.05) is 121 Å². The van der Waals surface area contributed by atoms with Crippen molar-refractivity contribution in [1.82, 2.24) is 0 Å². The van der Waals surface area contributed by atoms with Crippen LogP contribution in [0.3, 0.4) is 0 Å². The van der Waals surface area contributed by atoms with E-state index in [-0.39, 0.29) is 29.2 Å². The van der Waals surface area contributed by atoms with Crippen LogP contribution in [0.5, 0.6) is 0 Å². The first kappa shape index (κ1) is 24.2. The van der Waals surface area contributed by atoms with Crippen molar-refractivity contribution >= 4 is 23.1 Å². The van der Waals surface area contributed by atoms with E-state index >= 15 is 0 Å². The smallest absolute Gasteiger partial charge is 0.185 e. The average Bonchev–Trinajstić information content (AvgIpc) is 3.36. The molecular weight excluding hydrogens is 478 g/mol. The molecule has 4 atom stereocenters. The minimum atomic E-state index is -0.548. The molecule has 1 fully saturated rings. The largest absolute Gasteiger partial charge is 0.353 e. The van der Waals surface area contributed by atoms with Crippen molar-refractivity contribution in [2.24, 2.45) is 5.92 Å². The van der Waals surface area contributed by atoms with Crippen LogP contribution in [0, 0.1) is 28.6 Å². The number of anilines is 1. The number of fused-ring (bicyclic) bond motifs is 3. The van der Waals surface area contributed by atoms with E-state index in [0.717, 1.165) is 22.4 Å². The fourth-order valence-corrected chi connectivity index (χ4v) is 6.27. The average molecular weight is 504 g/mol. The second-order valence-electron chi connectivity index (χ2n) is 9.83. The van der Waals surface area contributed by atoms with Crippen LogP contribution in [0.2, 0.25) is 0 Å². The van der Waals surface area contributed by atoms with Crippen molar-refractivity contribution in [3.8, 4) is 12.1 Å². The van der Waals surface area contributed by atoms with Gasteiger partial charge in [0, 0.05) is 23.1 Å². The standard InChI is InChI=1S/C35H25N3O/c36-22-28(23-37)31(25-13-4-1-5-14-25)33-30-21-20-24-12-10-11-19-29(24)38(30)34(32(33)26-15-6-2-7-16-26)35(39)27-17-8-3-9-18-27/h1-21,30,32-34H/t30-,32+,33+,34+/m0/s1. The number of allylic oxidation sites excluding steroid dienone is 1. The Hall–Kier alpha value is -5.19. The molecule has 4 nitrogen and oxygen atoms in total. The summed E-state index contributed by atoms with van der Waals surface area (Å²) < 4.78 is 0. The maximum atomic E-state index is 14.5. The van der Waals surface area contributed by atoms with Gasteiger partial charge in [-0.15, -0.1) is 0 Å². The summed E-state index contributed by atoms with van der Waals surface area (Å²) in [5.41, 5.74) is 5.23. The lowest BCUT2D eigenvalue weighted by Gasteiger charge is -2.36. The van der Waals surface area contributed by atoms with Gasteiger partial charge >= 0.3 is 0 Å². The molecule has 4 aromatic rings. The molecule has 0 aliphatic carbocycles. The summed E-state index contributed by atoms with van der Waals surface area (Å²) in [5, 5.41) is 20.3. The summed E-state index contributed by atoms with van der Waals surface area (Å²) >= 11 is 0. The number of hydrogen-bond acceptors (Lipinski definition) is 4. The van der Waals surface area contributed by atoms with Gasteiger partial charge in [-0.3, -0.25) is 4.79 Å². The molecule has 0 bridgehead atoms. The van der Waals surface area contributed by atoms with Gasteiger partial charge in [0.25, 0.3) is 0 Å². The van der Waals surface area contributed by atoms with Crippen molar-refractivity contribution in [3.63, 3.8) is 0 Å². The molecule has 2 heterocycles. The van der Waals surface area contributed by atoms with Gasteiger partial charge in [-0.2, -0.15) is 10.5 Å². The molecule has 0 unspecified atom stereocenters. The lowest BCUT2D eigenvalue weighted by Crippen LogP contribution is -2.43. The number of rotatable bonds is 5. The van der Waals surface area contributed by atoms with Crippen LogP contribution < -0.4 is 4.90 Å². The van der Waals surface area contributed by atoms with E-state index in [4.69, 9.17) is 0 Å². The Labute approximate surface area is 228 Å². The van der Waals surface area contributed by atoms with Crippen molar-refractivity contribution in [3.05, 3.63) is 149 Å². The monoisotopic (exact) mass is 503 g/mol. The van der Waals surface area contributed by atoms with Crippen LogP contribution in [0.15, 0.2) is 127 Å². The minimum absolute atomic E-state index is 0.0185. The first-order chi connectivity index (χ1) is 19.2. The van der Waals surface area contributed by atoms with Crippen molar-refractivity contribution < 1.29 is 4.79 Å². The van der Waals surface area contributed by atoms with E-state index in [9.17, 15) is 15.3 Å². The van der Waals surface area contributed by atoms with Gasteiger partial charge in [-0.25, -0.2) is 0 Å². The third-order valence-corrected chi connectivity index (χ3v) is 7.83. The summed E-state index contributed by atoms with van der Waals surface area (Å²) in [6.45, 7) is 0. The highest BCUT2D eigenvalue weighted by Crippen LogP contribution is 2.54. The van der Waals surface area contributed by atoms with E-state index < -0.39 is 6.04 Å². The second kappa shape index (κ2) is 10.3. The lowest BCUT2D eigenvalue weighted by atomic mass is 9.73. The molecule has 0 saturated carbocycles. The van der Waals surface area contributed by atoms with Crippen LogP contribution in [0.4, 0.5) is 5.69 Å². The third kappa shape index (κ3) is 4.13. The van der Waals surface area contributed by atoms with E-state index in [1.54, 1.807) is 0 Å². The summed E-state index contributed by atoms with van der Waals surface area (Å²) in [6, 6.07) is 40.8. The fraction of sp³-hybridized carbons (Fsp3) is 0.114. The van der Waals surface area contributed by atoms with Crippen LogP contribution in [0.25, 0.3) is 11.6 Å². The molecule has 2 aliphatic rings. The van der Waals surface area contributed by atoms with Gasteiger partial charge in [0.1, 0.15) is 23.8 Å². The zero-order chi connectivity index (χ0) is 26.8. The van der Waals surface area contributed by atoms with Crippen molar-refractivity contribution in [1.29, 1.82) is 10.5 Å². The highest BCUT2D eigenvalue weighted by atomic mass is 16.1. The van der Waals surface area contributed by atoms with Crippen LogP contribution in [0.1, 0.15) is 33.0 Å². The van der Waals surface area contributed by atoms with Crippen LogP contribution in [-0.2, 0) is 0 Å². The molecule has 0 spiro atoms. The Morgan fingerprint density at radius 1 is 0.692 bits per heavy atom. The van der Waals surface area contributed by atoms with Gasteiger partial charge in [0.15, 0.2) is 5.78 Å². The number of benzene rings is 4. The Kier molecular flexibility index (Phi) is 6.37. The molecule has 6 rings (SSSR count). The predicted octanol–water partition coefficient (Wildman–Crippen LogP) is 7.05. The zero-order valence-corrected chi connectivity index (χ0v) is 21.2. The Morgan fingerprint density at radius 3 is 1.90 bits per heavy atom. The predicted molar refractivity (Wildman–Crippen MR) is 154 cm³/mol. The topological polar surface area (TPSA) is 67.9 Å². The second-order valence-corrected chi connectivity index (χ2v) is 9.83. The van der Waals surface area contributed by atoms with Gasteiger partial charge in [0.2, 0.25) is 0 Å². The zero-order valence-electron chi connectivity index (χ0n) is 21.2. The van der Waals surface area contributed by atoms with Gasteiger partial charge in [0.05, 0.1) is 6.04 Å². The molecule has 39 heavy (non-hydrogen) atoms. The molecule has 0 amide bonds. The third-order valence-electron chi connectivity index (χ3n) is 7.83. The number of para-hydroxylation sites is 1. The van der Waals surface area contributed by atoms with E-state index in [0.29, 0.717) is 11.1 Å². The number of Topliss-reactive ketones (excluding diaryl/α,β-unsaturated/α-hetero) is 1. The SMILES string of the molecule is N#CC(C#N)=C(c1ccccc1)[C@@H]1[C@@H](c2ccccc2)[C@H](C(=O)c2ccccc2)N2c3ccccc3C=C[C@@H]12. The normalized spacial score (nSPS) is 20.7. The summed E-state index contributed by atoms with van der Waals surface area (Å²) in [7, 11) is 0. The first-order valence-corrected chi connectivity index (χ1v) is 13.0. The molecule has 0 N–H and O–H groups in total. The number of carbonyl (C=O) groups is 1. The molecule has 186 valence electrons. The fourth-order valence-electron chi connectivity index (χ4n) is 6.27. The summed E-state index contributed by atoms with van der Waals surface area (Å²) in [5.74, 6) is -0.622. The molecule has 1 saturated heterocycles. The maximum absolute atomic E-state index is 14.5. The first-order valence-electron chi connectivity index (χ1n) is 13.0.